The van der Waals surface area contributed by atoms with E-state index in [0.29, 0.717) is 17.7 Å². The molecule has 15 heavy (non-hydrogen) atoms. The van der Waals surface area contributed by atoms with Gasteiger partial charge in [-0.15, -0.1) is 12.3 Å². The van der Waals surface area contributed by atoms with Crippen molar-refractivity contribution in [3.05, 3.63) is 29.8 Å². The summed E-state index contributed by atoms with van der Waals surface area (Å²) in [7, 11) is 0. The normalized spacial score (nSPS) is 11.5. The average molecular weight is 202 g/mol. The second-order valence-corrected chi connectivity index (χ2v) is 3.37. The molecule has 0 aliphatic rings. The summed E-state index contributed by atoms with van der Waals surface area (Å²) in [5.41, 5.74) is 6.63. The van der Waals surface area contributed by atoms with Crippen molar-refractivity contribution in [1.82, 2.24) is 5.32 Å². The van der Waals surface area contributed by atoms with Gasteiger partial charge in [0.15, 0.2) is 0 Å². The number of nitrogens with one attached hydrogen (secondary N) is 1. The monoisotopic (exact) mass is 202 g/mol. The van der Waals surface area contributed by atoms with Crippen LogP contribution in [0.2, 0.25) is 0 Å². The molecule has 0 bridgehead atoms. The molecule has 0 heterocycles. The van der Waals surface area contributed by atoms with Gasteiger partial charge in [0.2, 0.25) is 0 Å². The van der Waals surface area contributed by atoms with Gasteiger partial charge in [0.25, 0.3) is 5.91 Å². The molecule has 0 radical (unpaired) electrons. The molecule has 1 rings (SSSR count). The van der Waals surface area contributed by atoms with E-state index in [-0.39, 0.29) is 11.9 Å². The summed E-state index contributed by atoms with van der Waals surface area (Å²) in [6.45, 7) is 1.86. The van der Waals surface area contributed by atoms with Crippen LogP contribution >= 0.6 is 0 Å². The number of carbonyl (C=O) groups excluding carboxylic acids is 1. The Balaban J connectivity index is 2.70. The van der Waals surface area contributed by atoms with Crippen molar-refractivity contribution in [3.63, 3.8) is 0 Å². The van der Waals surface area contributed by atoms with Gasteiger partial charge in [-0.3, -0.25) is 4.79 Å². The molecule has 0 aliphatic heterocycles. The van der Waals surface area contributed by atoms with Crippen LogP contribution in [0.15, 0.2) is 24.3 Å². The number of benzene rings is 1. The number of para-hydroxylation sites is 1. The summed E-state index contributed by atoms with van der Waals surface area (Å²) < 4.78 is 0. The molecule has 1 aromatic carbocycles. The zero-order valence-corrected chi connectivity index (χ0v) is 8.66. The lowest BCUT2D eigenvalue weighted by atomic mass is 10.1. The Bertz CT molecular complexity index is 393. The van der Waals surface area contributed by atoms with E-state index in [1.165, 1.54) is 0 Å². The van der Waals surface area contributed by atoms with Gasteiger partial charge >= 0.3 is 0 Å². The zero-order chi connectivity index (χ0) is 11.3. The molecule has 3 heteroatoms. The third kappa shape index (κ3) is 3.03. The van der Waals surface area contributed by atoms with E-state index in [9.17, 15) is 4.79 Å². The van der Waals surface area contributed by atoms with Gasteiger partial charge in [-0.05, 0) is 19.1 Å². The maximum Gasteiger partial charge on any atom is 0.253 e. The van der Waals surface area contributed by atoms with E-state index >= 15 is 0 Å². The van der Waals surface area contributed by atoms with Crippen LogP contribution in [0.25, 0.3) is 0 Å². The highest BCUT2D eigenvalue weighted by atomic mass is 16.1. The SMILES string of the molecule is C#CCC(C)NC(=O)c1ccccc1N. The van der Waals surface area contributed by atoms with Crippen LogP contribution in [-0.2, 0) is 0 Å². The predicted octanol–water partition coefficient (Wildman–Crippen LogP) is 1.41. The van der Waals surface area contributed by atoms with E-state index < -0.39 is 0 Å². The van der Waals surface area contributed by atoms with Crippen molar-refractivity contribution < 1.29 is 4.79 Å². The van der Waals surface area contributed by atoms with Gasteiger partial charge in [0.1, 0.15) is 0 Å². The Hall–Kier alpha value is -1.95. The van der Waals surface area contributed by atoms with Crippen LogP contribution in [-0.4, -0.2) is 11.9 Å². The maximum atomic E-state index is 11.7. The molecule has 0 saturated heterocycles. The van der Waals surface area contributed by atoms with Crippen LogP contribution in [0.1, 0.15) is 23.7 Å². The van der Waals surface area contributed by atoms with Crippen LogP contribution < -0.4 is 11.1 Å². The highest BCUT2D eigenvalue weighted by Crippen LogP contribution is 2.10. The maximum absolute atomic E-state index is 11.7. The summed E-state index contributed by atoms with van der Waals surface area (Å²) in [4.78, 5) is 11.7. The highest BCUT2D eigenvalue weighted by Gasteiger charge is 2.10. The van der Waals surface area contributed by atoms with Crippen molar-refractivity contribution in [3.8, 4) is 12.3 Å². The number of nitrogens with two attached hydrogens (primary N) is 1. The third-order valence-corrected chi connectivity index (χ3v) is 2.01. The summed E-state index contributed by atoms with van der Waals surface area (Å²) >= 11 is 0. The molecule has 3 N–H and O–H groups in total. The number of nitrogen functional groups attached to an aromatic ring is 1. The van der Waals surface area contributed by atoms with Crippen molar-refractivity contribution in [2.75, 3.05) is 5.73 Å². The van der Waals surface area contributed by atoms with E-state index in [4.69, 9.17) is 12.2 Å². The van der Waals surface area contributed by atoms with Crippen molar-refractivity contribution in [2.24, 2.45) is 0 Å². The van der Waals surface area contributed by atoms with Crippen molar-refractivity contribution in [2.45, 2.75) is 19.4 Å². The second kappa shape index (κ2) is 5.06. The summed E-state index contributed by atoms with van der Waals surface area (Å²) in [5, 5.41) is 2.78. The molecule has 0 aromatic heterocycles. The van der Waals surface area contributed by atoms with Gasteiger partial charge in [-0.25, -0.2) is 0 Å². The molecular formula is C12H14N2O. The summed E-state index contributed by atoms with van der Waals surface area (Å²) in [6, 6.07) is 6.91. The fourth-order valence-electron chi connectivity index (χ4n) is 1.23. The minimum Gasteiger partial charge on any atom is -0.398 e. The Morgan fingerprint density at radius 2 is 2.27 bits per heavy atom. The van der Waals surface area contributed by atoms with E-state index in [2.05, 4.69) is 11.2 Å². The lowest BCUT2D eigenvalue weighted by molar-refractivity contribution is 0.0942. The Kier molecular flexibility index (Phi) is 3.75. The first-order valence-electron chi connectivity index (χ1n) is 4.74. The minimum atomic E-state index is -0.184. The fourth-order valence-corrected chi connectivity index (χ4v) is 1.23. The van der Waals surface area contributed by atoms with Crippen LogP contribution in [0.5, 0.6) is 0 Å². The topological polar surface area (TPSA) is 55.1 Å². The lowest BCUT2D eigenvalue weighted by Gasteiger charge is -2.11. The van der Waals surface area contributed by atoms with E-state index in [1.807, 2.05) is 6.92 Å². The second-order valence-electron chi connectivity index (χ2n) is 3.37. The Labute approximate surface area is 89.7 Å². The molecular weight excluding hydrogens is 188 g/mol. The van der Waals surface area contributed by atoms with E-state index in [1.54, 1.807) is 24.3 Å². The Morgan fingerprint density at radius 1 is 1.60 bits per heavy atom. The van der Waals surface area contributed by atoms with Gasteiger partial charge < -0.3 is 11.1 Å². The standard InChI is InChI=1S/C12H14N2O/c1-3-6-9(2)14-12(15)10-7-4-5-8-11(10)13/h1,4-5,7-9H,6,13H2,2H3,(H,14,15). The quantitative estimate of drug-likeness (QED) is 0.575. The molecule has 0 saturated carbocycles. The molecule has 1 atom stereocenters. The summed E-state index contributed by atoms with van der Waals surface area (Å²) in [6.07, 6.45) is 5.66. The van der Waals surface area contributed by atoms with Gasteiger partial charge in [0, 0.05) is 18.2 Å². The number of hydrogen-bond donors (Lipinski definition) is 2. The molecule has 78 valence electrons. The molecule has 3 nitrogen and oxygen atoms in total. The van der Waals surface area contributed by atoms with Crippen molar-refractivity contribution >= 4 is 11.6 Å². The van der Waals surface area contributed by atoms with Gasteiger partial charge in [0.05, 0.1) is 5.56 Å². The Morgan fingerprint density at radius 3 is 2.87 bits per heavy atom. The van der Waals surface area contributed by atoms with E-state index in [0.717, 1.165) is 0 Å². The largest absolute Gasteiger partial charge is 0.398 e. The fraction of sp³-hybridized carbons (Fsp3) is 0.250. The molecule has 1 unspecified atom stereocenters. The van der Waals surface area contributed by atoms with Crippen LogP contribution in [0.4, 0.5) is 5.69 Å². The first-order chi connectivity index (χ1) is 7.15. The molecule has 1 aromatic rings. The first-order valence-corrected chi connectivity index (χ1v) is 4.74. The molecule has 0 fully saturated rings. The first kappa shape index (κ1) is 11.1. The van der Waals surface area contributed by atoms with Crippen molar-refractivity contribution in [1.29, 1.82) is 0 Å². The lowest BCUT2D eigenvalue weighted by Crippen LogP contribution is -2.32. The minimum absolute atomic E-state index is 0.0397. The van der Waals surface area contributed by atoms with Crippen LogP contribution in [0, 0.1) is 12.3 Å². The molecule has 1 amide bonds. The zero-order valence-electron chi connectivity index (χ0n) is 8.66. The molecule has 0 spiro atoms. The number of amides is 1. The van der Waals surface area contributed by atoms with Crippen LogP contribution in [0.3, 0.4) is 0 Å². The third-order valence-electron chi connectivity index (χ3n) is 2.01. The summed E-state index contributed by atoms with van der Waals surface area (Å²) in [5.74, 6) is 2.31. The number of rotatable bonds is 3. The average Bonchev–Trinajstić information content (AvgIpc) is 2.18. The number of terminal acetylenes is 1. The highest BCUT2D eigenvalue weighted by molar-refractivity contribution is 5.99. The number of carbonyl (C=O) groups is 1. The predicted molar refractivity (Wildman–Crippen MR) is 61.2 cm³/mol. The molecule has 0 aliphatic carbocycles. The van der Waals surface area contributed by atoms with Gasteiger partial charge in [-0.1, -0.05) is 12.1 Å². The number of anilines is 1. The smallest absolute Gasteiger partial charge is 0.253 e. The number of hydrogen-bond acceptors (Lipinski definition) is 2. The van der Waals surface area contributed by atoms with Gasteiger partial charge in [-0.2, -0.15) is 0 Å².